The number of hydrogen-bond acceptors (Lipinski definition) is 8. The lowest BCUT2D eigenvalue weighted by atomic mass is 9.99. The summed E-state index contributed by atoms with van der Waals surface area (Å²) in [4.78, 5) is 13.1. The average molecular weight is 956 g/mol. The number of carbonyl (C=O) groups excluding carboxylic acids is 1. The Labute approximate surface area is 417 Å². The molecule has 0 aromatic carbocycles. The van der Waals surface area contributed by atoms with Gasteiger partial charge in [-0.05, 0) is 64.2 Å². The molecule has 1 aliphatic rings. The van der Waals surface area contributed by atoms with Crippen LogP contribution in [0.2, 0.25) is 0 Å². The van der Waals surface area contributed by atoms with Crippen LogP contribution in [-0.4, -0.2) is 87.5 Å². The van der Waals surface area contributed by atoms with E-state index in [1.807, 2.05) is 0 Å². The lowest BCUT2D eigenvalue weighted by Gasteiger charge is -2.40. The van der Waals surface area contributed by atoms with Crippen molar-refractivity contribution < 1.29 is 39.8 Å². The third-order valence-corrected chi connectivity index (χ3v) is 13.1. The van der Waals surface area contributed by atoms with Crippen LogP contribution in [0.3, 0.4) is 0 Å². The first-order valence-electron chi connectivity index (χ1n) is 28.1. The second-order valence-electron chi connectivity index (χ2n) is 19.4. The minimum Gasteiger partial charge on any atom is -0.394 e. The fourth-order valence-electron chi connectivity index (χ4n) is 8.64. The van der Waals surface area contributed by atoms with Gasteiger partial charge in [0, 0.05) is 6.42 Å². The van der Waals surface area contributed by atoms with Crippen molar-refractivity contribution >= 4 is 5.91 Å². The number of aliphatic hydroxyl groups excluding tert-OH is 5. The zero-order chi connectivity index (χ0) is 49.4. The molecule has 0 aromatic heterocycles. The van der Waals surface area contributed by atoms with Gasteiger partial charge in [-0.3, -0.25) is 4.79 Å². The number of carbonyl (C=O) groups is 1. The molecule has 0 aromatic rings. The van der Waals surface area contributed by atoms with E-state index in [4.69, 9.17) is 9.47 Å². The van der Waals surface area contributed by atoms with E-state index < -0.39 is 49.5 Å². The number of rotatable bonds is 47. The lowest BCUT2D eigenvalue weighted by molar-refractivity contribution is -0.302. The summed E-state index contributed by atoms with van der Waals surface area (Å²) < 4.78 is 11.3. The minimum atomic E-state index is -1.56. The summed E-state index contributed by atoms with van der Waals surface area (Å²) in [5.74, 6) is -0.148. The molecule has 68 heavy (non-hydrogen) atoms. The van der Waals surface area contributed by atoms with Crippen LogP contribution in [-0.2, 0) is 14.3 Å². The molecule has 9 nitrogen and oxygen atoms in total. The highest BCUT2D eigenvalue weighted by molar-refractivity contribution is 5.76. The fraction of sp³-hybridized carbons (Fsp3) is 0.780. The molecule has 1 aliphatic heterocycles. The van der Waals surface area contributed by atoms with Gasteiger partial charge in [0.1, 0.15) is 24.4 Å². The summed E-state index contributed by atoms with van der Waals surface area (Å²) in [6.07, 6.45) is 59.2. The molecule has 9 heteroatoms. The predicted molar refractivity (Wildman–Crippen MR) is 285 cm³/mol. The second kappa shape index (κ2) is 48.3. The van der Waals surface area contributed by atoms with Crippen molar-refractivity contribution in [3.05, 3.63) is 72.9 Å². The summed E-state index contributed by atoms with van der Waals surface area (Å²) in [6.45, 7) is 3.72. The van der Waals surface area contributed by atoms with E-state index in [-0.39, 0.29) is 12.5 Å². The first-order valence-corrected chi connectivity index (χ1v) is 28.1. The number of unbranched alkanes of at least 4 members (excludes halogenated alkanes) is 25. The van der Waals surface area contributed by atoms with Crippen LogP contribution in [0.15, 0.2) is 72.9 Å². The Morgan fingerprint density at radius 1 is 0.515 bits per heavy atom. The molecule has 0 radical (unpaired) electrons. The van der Waals surface area contributed by atoms with Crippen LogP contribution in [0.1, 0.15) is 239 Å². The first kappa shape index (κ1) is 63.6. The zero-order valence-electron chi connectivity index (χ0n) is 43.6. The Bertz CT molecular complexity index is 1290. The van der Waals surface area contributed by atoms with E-state index in [1.54, 1.807) is 0 Å². The summed E-state index contributed by atoms with van der Waals surface area (Å²) in [6, 6.07) is -0.723. The van der Waals surface area contributed by atoms with E-state index in [0.717, 1.165) is 77.0 Å². The Morgan fingerprint density at radius 3 is 1.35 bits per heavy atom. The quantitative estimate of drug-likeness (QED) is 0.0261. The molecule has 7 unspecified atom stereocenters. The van der Waals surface area contributed by atoms with Gasteiger partial charge in [0.2, 0.25) is 5.91 Å². The summed E-state index contributed by atoms with van der Waals surface area (Å²) in [7, 11) is 0. The molecule has 0 spiro atoms. The van der Waals surface area contributed by atoms with E-state index in [9.17, 15) is 30.3 Å². The third-order valence-electron chi connectivity index (χ3n) is 13.1. The van der Waals surface area contributed by atoms with E-state index in [2.05, 4.69) is 92.1 Å². The van der Waals surface area contributed by atoms with Crippen molar-refractivity contribution in [2.24, 2.45) is 0 Å². The number of ether oxygens (including phenoxy) is 2. The molecule has 394 valence electrons. The molecule has 1 rings (SSSR count). The summed E-state index contributed by atoms with van der Waals surface area (Å²) in [5, 5.41) is 54.6. The maximum Gasteiger partial charge on any atom is 0.220 e. The molecular weight excluding hydrogens is 851 g/mol. The smallest absolute Gasteiger partial charge is 0.220 e. The maximum atomic E-state index is 13.1. The van der Waals surface area contributed by atoms with Crippen molar-refractivity contribution in [2.45, 2.75) is 281 Å². The SMILES string of the molecule is CC/C=C\C/C=C\C/C=C\C/C=C\C/C=C\C/C=C\CCCCCCCCCCCCCCC(=O)NC(COC1OC(CO)C(O)C(O)C1O)C(O)CCCCCCCCCCCCCCCC. The first-order chi connectivity index (χ1) is 33.3. The van der Waals surface area contributed by atoms with Crippen molar-refractivity contribution in [3.63, 3.8) is 0 Å². The highest BCUT2D eigenvalue weighted by Gasteiger charge is 2.44. The molecular formula is C59H105NO8. The molecule has 0 bridgehead atoms. The van der Waals surface area contributed by atoms with Gasteiger partial charge >= 0.3 is 0 Å². The van der Waals surface area contributed by atoms with Gasteiger partial charge in [0.05, 0.1) is 25.4 Å². The standard InChI is InChI=1S/C59H105NO8/c1-3-5-7-9-11-13-15-17-19-20-21-22-23-24-25-26-27-28-29-30-31-32-33-34-35-37-39-41-43-45-47-49-55(63)60-52(51-67-59-58(66)57(65)56(64)54(50-61)68-59)53(62)48-46-44-42-40-38-36-18-16-14-12-10-8-6-4-2/h5,7,11,13,17,19,21-22,24-25,27-28,52-54,56-59,61-62,64-66H,3-4,6,8-10,12,14-16,18,20,23,26,29-51H2,1-2H3,(H,60,63)/b7-5-,13-11-,19-17-,22-21-,25-24-,28-27-. The summed E-state index contributed by atoms with van der Waals surface area (Å²) >= 11 is 0. The maximum absolute atomic E-state index is 13.1. The number of aliphatic hydroxyl groups is 5. The second-order valence-corrected chi connectivity index (χ2v) is 19.4. The Kier molecular flexibility index (Phi) is 45.2. The minimum absolute atomic E-state index is 0.140. The number of allylic oxidation sites excluding steroid dienone is 12. The topological polar surface area (TPSA) is 149 Å². The van der Waals surface area contributed by atoms with Crippen molar-refractivity contribution in [1.29, 1.82) is 0 Å². The lowest BCUT2D eigenvalue weighted by Crippen LogP contribution is -2.60. The number of nitrogens with one attached hydrogen (secondary N) is 1. The highest BCUT2D eigenvalue weighted by atomic mass is 16.7. The van der Waals surface area contributed by atoms with Crippen LogP contribution in [0.4, 0.5) is 0 Å². The average Bonchev–Trinajstić information content (AvgIpc) is 3.34. The largest absolute Gasteiger partial charge is 0.394 e. The van der Waals surface area contributed by atoms with Crippen molar-refractivity contribution in [1.82, 2.24) is 5.32 Å². The van der Waals surface area contributed by atoms with E-state index in [1.165, 1.54) is 135 Å². The molecule has 1 saturated heterocycles. The van der Waals surface area contributed by atoms with Gasteiger partial charge < -0.3 is 40.3 Å². The summed E-state index contributed by atoms with van der Waals surface area (Å²) in [5.41, 5.74) is 0. The molecule has 7 atom stereocenters. The Balaban J connectivity index is 2.17. The molecule has 0 aliphatic carbocycles. The fourth-order valence-corrected chi connectivity index (χ4v) is 8.64. The Hall–Kier alpha value is -2.37. The van der Waals surface area contributed by atoms with Crippen molar-refractivity contribution in [2.75, 3.05) is 13.2 Å². The Morgan fingerprint density at radius 2 is 0.912 bits per heavy atom. The van der Waals surface area contributed by atoms with Gasteiger partial charge in [0.25, 0.3) is 0 Å². The molecule has 1 amide bonds. The van der Waals surface area contributed by atoms with Gasteiger partial charge in [-0.2, -0.15) is 0 Å². The number of amides is 1. The third kappa shape index (κ3) is 37.5. The van der Waals surface area contributed by atoms with Crippen LogP contribution in [0.5, 0.6) is 0 Å². The predicted octanol–water partition coefficient (Wildman–Crippen LogP) is 13.7. The van der Waals surface area contributed by atoms with E-state index in [0.29, 0.717) is 12.8 Å². The molecule has 1 heterocycles. The highest BCUT2D eigenvalue weighted by Crippen LogP contribution is 2.23. The van der Waals surface area contributed by atoms with Gasteiger partial charge in [-0.15, -0.1) is 0 Å². The molecule has 6 N–H and O–H groups in total. The van der Waals surface area contributed by atoms with Gasteiger partial charge in [-0.1, -0.05) is 241 Å². The molecule has 1 fully saturated rings. The monoisotopic (exact) mass is 956 g/mol. The molecule has 0 saturated carbocycles. The van der Waals surface area contributed by atoms with Crippen LogP contribution in [0, 0.1) is 0 Å². The van der Waals surface area contributed by atoms with Gasteiger partial charge in [0.15, 0.2) is 6.29 Å². The van der Waals surface area contributed by atoms with Gasteiger partial charge in [-0.25, -0.2) is 0 Å². The normalized spacial score (nSPS) is 20.1. The van der Waals surface area contributed by atoms with Crippen LogP contribution >= 0.6 is 0 Å². The van der Waals surface area contributed by atoms with Crippen LogP contribution < -0.4 is 5.32 Å². The van der Waals surface area contributed by atoms with Crippen molar-refractivity contribution in [3.8, 4) is 0 Å². The van der Waals surface area contributed by atoms with E-state index >= 15 is 0 Å². The zero-order valence-corrected chi connectivity index (χ0v) is 43.6. The van der Waals surface area contributed by atoms with Crippen LogP contribution in [0.25, 0.3) is 0 Å². The number of hydrogen-bond donors (Lipinski definition) is 6.